The van der Waals surface area contributed by atoms with Crippen LogP contribution in [0.25, 0.3) is 5.69 Å². The van der Waals surface area contributed by atoms with Crippen LogP contribution in [0.2, 0.25) is 0 Å². The van der Waals surface area contributed by atoms with Crippen LogP contribution in [0.3, 0.4) is 0 Å². The van der Waals surface area contributed by atoms with Crippen LogP contribution in [0.1, 0.15) is 19.4 Å². The van der Waals surface area contributed by atoms with Crippen molar-refractivity contribution in [2.24, 2.45) is 5.16 Å². The second kappa shape index (κ2) is 5.30. The van der Waals surface area contributed by atoms with Gasteiger partial charge in [-0.15, -0.1) is 0 Å². The number of hydrogen-bond acceptors (Lipinski definition) is 6. The van der Waals surface area contributed by atoms with Crippen molar-refractivity contribution in [3.8, 4) is 11.6 Å². The van der Waals surface area contributed by atoms with Gasteiger partial charge in [-0.2, -0.15) is 0 Å². The van der Waals surface area contributed by atoms with E-state index >= 15 is 0 Å². The lowest BCUT2D eigenvalue weighted by atomic mass is 10.1. The maximum Gasteiger partial charge on any atom is 0.331 e. The van der Waals surface area contributed by atoms with Crippen LogP contribution in [-0.4, -0.2) is 17.0 Å². The summed E-state index contributed by atoms with van der Waals surface area (Å²) in [4.78, 5) is 15.3. The smallest absolute Gasteiger partial charge is 0.331 e. The van der Waals surface area contributed by atoms with Gasteiger partial charge in [0.25, 0.3) is 0 Å². The summed E-state index contributed by atoms with van der Waals surface area (Å²) in [5, 5.41) is 18.3. The lowest BCUT2D eigenvalue weighted by Crippen LogP contribution is -2.33. The molecule has 0 saturated carbocycles. The highest BCUT2D eigenvalue weighted by atomic mass is 16.7. The Morgan fingerprint density at radius 2 is 2.16 bits per heavy atom. The number of benzene rings is 1. The van der Waals surface area contributed by atoms with Gasteiger partial charge in [0, 0.05) is 13.0 Å². The molecular formula is C12H11N3O4. The first-order valence-electron chi connectivity index (χ1n) is 5.45. The van der Waals surface area contributed by atoms with Gasteiger partial charge >= 0.3 is 5.97 Å². The van der Waals surface area contributed by atoms with Gasteiger partial charge in [-0.25, -0.2) is 4.79 Å². The zero-order valence-electron chi connectivity index (χ0n) is 10.4. The molecule has 0 spiro atoms. The zero-order valence-corrected chi connectivity index (χ0v) is 10.4. The molecule has 0 aliphatic carbocycles. The molecule has 0 amide bonds. The lowest BCUT2D eigenvalue weighted by molar-refractivity contribution is -0.670. The average molecular weight is 261 g/mol. The summed E-state index contributed by atoms with van der Waals surface area (Å²) in [5.41, 5.74) is 1.75. The summed E-state index contributed by atoms with van der Waals surface area (Å²) < 4.78 is 5.78. The summed E-state index contributed by atoms with van der Waals surface area (Å²) in [6.07, 6.45) is 1.21. The molecule has 0 saturated heterocycles. The van der Waals surface area contributed by atoms with E-state index in [1.54, 1.807) is 31.2 Å². The van der Waals surface area contributed by atoms with Gasteiger partial charge in [-0.1, -0.05) is 17.3 Å². The molecule has 0 N–H and O–H groups in total. The number of nitrogens with zero attached hydrogens (tertiary/aromatic N) is 3. The second-order valence-electron chi connectivity index (χ2n) is 3.74. The van der Waals surface area contributed by atoms with E-state index in [0.717, 1.165) is 0 Å². The molecule has 0 radical (unpaired) electrons. The predicted molar refractivity (Wildman–Crippen MR) is 61.5 cm³/mol. The van der Waals surface area contributed by atoms with Gasteiger partial charge in [0.15, 0.2) is 0 Å². The highest BCUT2D eigenvalue weighted by molar-refractivity contribution is 6.01. The zero-order chi connectivity index (χ0) is 13.8. The Morgan fingerprint density at radius 3 is 2.79 bits per heavy atom. The molecule has 0 bridgehead atoms. The molecule has 1 heterocycles. The molecule has 7 nitrogen and oxygen atoms in total. The topological polar surface area (TPSA) is 91.6 Å². The van der Waals surface area contributed by atoms with Crippen molar-refractivity contribution >= 4 is 11.7 Å². The third-order valence-electron chi connectivity index (χ3n) is 2.30. The minimum atomic E-state index is -0.551. The van der Waals surface area contributed by atoms with Crippen LogP contribution in [0.5, 0.6) is 5.95 Å². The van der Waals surface area contributed by atoms with Crippen LogP contribution in [0.15, 0.2) is 40.1 Å². The number of oxime groups is 1. The minimum Gasteiger partial charge on any atom is -0.539 e. The van der Waals surface area contributed by atoms with E-state index < -0.39 is 11.9 Å². The molecule has 2 aromatic rings. The van der Waals surface area contributed by atoms with Gasteiger partial charge in [-0.05, 0) is 17.7 Å². The molecule has 1 aromatic heterocycles. The van der Waals surface area contributed by atoms with Crippen LogP contribution < -0.4 is 9.79 Å². The molecule has 0 aliphatic rings. The standard InChI is InChI=1S/C12H11N3O4/c1-8(13-18-9(2)16)10-5-3-4-6-11(10)15-7-12(17)19-14-15/h3-7H,1-2H3/b13-8-. The Bertz CT molecular complexity index is 633. The maximum absolute atomic E-state index is 11.0. The fraction of sp³-hybridized carbons (Fsp3) is 0.167. The first-order chi connectivity index (χ1) is 9.08. The van der Waals surface area contributed by atoms with E-state index in [0.29, 0.717) is 17.0 Å². The highest BCUT2D eigenvalue weighted by Crippen LogP contribution is 2.11. The summed E-state index contributed by atoms with van der Waals surface area (Å²) >= 11 is 0. The molecule has 0 aliphatic heterocycles. The number of para-hydroxylation sites is 1. The molecule has 7 heteroatoms. The van der Waals surface area contributed by atoms with Crippen LogP contribution in [0.4, 0.5) is 0 Å². The molecule has 0 atom stereocenters. The third kappa shape index (κ3) is 2.95. The van der Waals surface area contributed by atoms with Gasteiger partial charge < -0.3 is 14.5 Å². The Hall–Kier alpha value is -2.70. The Kier molecular flexibility index (Phi) is 3.56. The van der Waals surface area contributed by atoms with E-state index in [4.69, 9.17) is 0 Å². The number of carbonyl (C=O) groups excluding carboxylic acids is 1. The van der Waals surface area contributed by atoms with Gasteiger partial charge in [0.1, 0.15) is 5.95 Å². The van der Waals surface area contributed by atoms with E-state index in [-0.39, 0.29) is 0 Å². The molecule has 19 heavy (non-hydrogen) atoms. The van der Waals surface area contributed by atoms with Crippen molar-refractivity contribution in [3.63, 3.8) is 0 Å². The van der Waals surface area contributed by atoms with Crippen molar-refractivity contribution in [2.45, 2.75) is 13.8 Å². The fourth-order valence-electron chi connectivity index (χ4n) is 1.51. The molecule has 98 valence electrons. The number of aromatic nitrogens is 2. The van der Waals surface area contributed by atoms with Crippen LogP contribution >= 0.6 is 0 Å². The summed E-state index contributed by atoms with van der Waals surface area (Å²) in [5.74, 6) is -1.06. The van der Waals surface area contributed by atoms with Crippen molar-refractivity contribution < 1.29 is 23.9 Å². The first kappa shape index (κ1) is 12.7. The second-order valence-corrected chi connectivity index (χ2v) is 3.74. The SMILES string of the molecule is CC(=O)O/N=C(/C)c1ccccc1-[n+]1cc([O-])on1. The predicted octanol–water partition coefficient (Wildman–Crippen LogP) is 0.312. The van der Waals surface area contributed by atoms with Gasteiger partial charge in [0.05, 0.1) is 16.5 Å². The Morgan fingerprint density at radius 1 is 1.42 bits per heavy atom. The molecule has 2 rings (SSSR count). The monoisotopic (exact) mass is 261 g/mol. The van der Waals surface area contributed by atoms with Crippen molar-refractivity contribution in [3.05, 3.63) is 36.0 Å². The van der Waals surface area contributed by atoms with E-state index in [9.17, 15) is 9.90 Å². The number of rotatable bonds is 3. The Labute approximate surface area is 108 Å². The largest absolute Gasteiger partial charge is 0.539 e. The minimum absolute atomic E-state index is 0.480. The average Bonchev–Trinajstić information content (AvgIpc) is 2.82. The molecule has 0 fully saturated rings. The van der Waals surface area contributed by atoms with Crippen molar-refractivity contribution in [2.75, 3.05) is 0 Å². The molecule has 0 unspecified atom stereocenters. The third-order valence-corrected chi connectivity index (χ3v) is 2.30. The van der Waals surface area contributed by atoms with Crippen LogP contribution in [-0.2, 0) is 9.63 Å². The summed E-state index contributed by atoms with van der Waals surface area (Å²) in [6, 6.07) is 7.09. The normalized spacial score (nSPS) is 11.4. The van der Waals surface area contributed by atoms with Crippen molar-refractivity contribution in [1.29, 1.82) is 0 Å². The highest BCUT2D eigenvalue weighted by Gasteiger charge is 2.17. The maximum atomic E-state index is 11.0. The number of hydrogen-bond donors (Lipinski definition) is 0. The Balaban J connectivity index is 2.41. The number of carbonyl (C=O) groups is 1. The summed E-state index contributed by atoms with van der Waals surface area (Å²) in [7, 11) is 0. The van der Waals surface area contributed by atoms with E-state index in [1.165, 1.54) is 17.8 Å². The van der Waals surface area contributed by atoms with Crippen LogP contribution in [0, 0.1) is 0 Å². The van der Waals surface area contributed by atoms with Crippen molar-refractivity contribution in [1.82, 2.24) is 5.27 Å². The fourth-order valence-corrected chi connectivity index (χ4v) is 1.51. The molecular weight excluding hydrogens is 250 g/mol. The first-order valence-corrected chi connectivity index (χ1v) is 5.45. The van der Waals surface area contributed by atoms with Gasteiger partial charge in [-0.3, -0.25) is 0 Å². The van der Waals surface area contributed by atoms with E-state index in [1.807, 2.05) is 0 Å². The lowest BCUT2D eigenvalue weighted by Gasteiger charge is -2.01. The van der Waals surface area contributed by atoms with Gasteiger partial charge in [0.2, 0.25) is 11.9 Å². The molecule has 1 aromatic carbocycles. The van der Waals surface area contributed by atoms with E-state index in [2.05, 4.69) is 19.8 Å². The summed E-state index contributed by atoms with van der Waals surface area (Å²) in [6.45, 7) is 2.94. The quantitative estimate of drug-likeness (QED) is 0.343.